The molecule has 2 heterocycles. The fourth-order valence-corrected chi connectivity index (χ4v) is 4.89. The Balaban J connectivity index is 1.78. The van der Waals surface area contributed by atoms with Gasteiger partial charge in [0.2, 0.25) is 0 Å². The third-order valence-corrected chi connectivity index (χ3v) is 7.17. The van der Waals surface area contributed by atoms with Gasteiger partial charge in [-0.25, -0.2) is 13.4 Å². The highest BCUT2D eigenvalue weighted by atomic mass is 32.2. The summed E-state index contributed by atoms with van der Waals surface area (Å²) < 4.78 is 30.0. The first kappa shape index (κ1) is 20.3. The molecular formula is C22H20N2O4S2. The first-order chi connectivity index (χ1) is 14.2. The largest absolute Gasteiger partial charge is 0.467 e. The lowest BCUT2D eigenvalue weighted by atomic mass is 10.1. The molecule has 1 amide bonds. The molecule has 30 heavy (non-hydrogen) atoms. The molecule has 0 saturated heterocycles. The molecule has 0 atom stereocenters. The van der Waals surface area contributed by atoms with Crippen molar-refractivity contribution in [1.82, 2.24) is 4.98 Å². The molecule has 4 aromatic rings. The molecule has 6 nitrogen and oxygen atoms in total. The number of anilines is 1. The van der Waals surface area contributed by atoms with E-state index >= 15 is 0 Å². The summed E-state index contributed by atoms with van der Waals surface area (Å²) in [6.07, 6.45) is 2.70. The lowest BCUT2D eigenvalue weighted by molar-refractivity contribution is 0.0983. The monoisotopic (exact) mass is 440 g/mol. The molecule has 0 N–H and O–H groups in total. The zero-order chi connectivity index (χ0) is 21.5. The summed E-state index contributed by atoms with van der Waals surface area (Å²) >= 11 is 1.45. The maximum Gasteiger partial charge on any atom is 0.260 e. The fraction of sp³-hybridized carbons (Fsp3) is 0.182. The second-order valence-corrected chi connectivity index (χ2v) is 10.1. The Morgan fingerprint density at radius 3 is 2.37 bits per heavy atom. The topological polar surface area (TPSA) is 80.5 Å². The molecule has 0 fully saturated rings. The summed E-state index contributed by atoms with van der Waals surface area (Å²) in [6.45, 7) is 4.23. The van der Waals surface area contributed by atoms with Gasteiger partial charge in [0, 0.05) is 11.8 Å². The minimum Gasteiger partial charge on any atom is -0.467 e. The lowest BCUT2D eigenvalue weighted by Crippen LogP contribution is -2.30. The van der Waals surface area contributed by atoms with Crippen LogP contribution in [0.2, 0.25) is 0 Å². The molecule has 4 rings (SSSR count). The van der Waals surface area contributed by atoms with Crippen LogP contribution in [0.25, 0.3) is 10.2 Å². The van der Waals surface area contributed by atoms with Gasteiger partial charge < -0.3 is 4.42 Å². The molecule has 8 heteroatoms. The Morgan fingerprint density at radius 2 is 1.77 bits per heavy atom. The number of carbonyl (C=O) groups is 1. The number of benzene rings is 2. The number of carbonyl (C=O) groups excluding carboxylic acids is 1. The molecule has 0 spiro atoms. The number of fused-ring (bicyclic) bond motifs is 1. The summed E-state index contributed by atoms with van der Waals surface area (Å²) in [4.78, 5) is 19.9. The molecule has 0 radical (unpaired) electrons. The summed E-state index contributed by atoms with van der Waals surface area (Å²) in [6, 6.07) is 13.6. The lowest BCUT2D eigenvalue weighted by Gasteiger charge is -2.19. The van der Waals surface area contributed by atoms with E-state index in [1.165, 1.54) is 35.6 Å². The molecule has 2 aromatic carbocycles. The molecule has 2 aromatic heterocycles. The highest BCUT2D eigenvalue weighted by Crippen LogP contribution is 2.34. The minimum atomic E-state index is -3.34. The van der Waals surface area contributed by atoms with Crippen LogP contribution in [0.5, 0.6) is 0 Å². The maximum absolute atomic E-state index is 13.4. The quantitative estimate of drug-likeness (QED) is 0.447. The first-order valence-electron chi connectivity index (χ1n) is 9.25. The van der Waals surface area contributed by atoms with Crippen LogP contribution in [0.15, 0.2) is 64.1 Å². The summed E-state index contributed by atoms with van der Waals surface area (Å²) in [7, 11) is -3.34. The van der Waals surface area contributed by atoms with Crippen LogP contribution in [-0.4, -0.2) is 25.6 Å². The van der Waals surface area contributed by atoms with Gasteiger partial charge in [0.1, 0.15) is 5.76 Å². The van der Waals surface area contributed by atoms with E-state index < -0.39 is 9.84 Å². The Hall–Kier alpha value is -2.97. The van der Waals surface area contributed by atoms with E-state index in [-0.39, 0.29) is 17.3 Å². The Kier molecular flexibility index (Phi) is 5.21. The van der Waals surface area contributed by atoms with Crippen molar-refractivity contribution in [3.63, 3.8) is 0 Å². The van der Waals surface area contributed by atoms with Gasteiger partial charge in [-0.1, -0.05) is 23.5 Å². The van der Waals surface area contributed by atoms with E-state index in [9.17, 15) is 13.2 Å². The molecule has 0 bridgehead atoms. The SMILES string of the molecule is Cc1ccc(C)c2sc(N(Cc3ccco3)C(=O)c3ccc(S(C)(=O)=O)cc3)nc12. The highest BCUT2D eigenvalue weighted by Gasteiger charge is 2.24. The Labute approximate surface area is 178 Å². The number of aromatic nitrogens is 1. The van der Waals surface area contributed by atoms with Crippen LogP contribution in [-0.2, 0) is 16.4 Å². The zero-order valence-electron chi connectivity index (χ0n) is 16.7. The van der Waals surface area contributed by atoms with Crippen LogP contribution in [0.4, 0.5) is 5.13 Å². The van der Waals surface area contributed by atoms with Gasteiger partial charge in [0.15, 0.2) is 15.0 Å². The summed E-state index contributed by atoms with van der Waals surface area (Å²) in [5.41, 5.74) is 3.39. The molecule has 0 aliphatic rings. The van der Waals surface area contributed by atoms with Crippen molar-refractivity contribution >= 4 is 42.4 Å². The van der Waals surface area contributed by atoms with Crippen molar-refractivity contribution in [3.05, 3.63) is 77.2 Å². The normalized spacial score (nSPS) is 11.7. The van der Waals surface area contributed by atoms with Crippen LogP contribution in [0.3, 0.4) is 0 Å². The predicted octanol–water partition coefficient (Wildman–Crippen LogP) is 4.76. The fourth-order valence-electron chi connectivity index (χ4n) is 3.15. The van der Waals surface area contributed by atoms with Gasteiger partial charge in [-0.3, -0.25) is 9.69 Å². The number of nitrogens with zero attached hydrogens (tertiary/aromatic N) is 2. The molecule has 0 aliphatic heterocycles. The van der Waals surface area contributed by atoms with Crippen molar-refractivity contribution < 1.29 is 17.6 Å². The Bertz CT molecular complexity index is 1280. The predicted molar refractivity (Wildman–Crippen MR) is 118 cm³/mol. The molecule has 0 saturated carbocycles. The second kappa shape index (κ2) is 7.70. The number of thiazole rings is 1. The average Bonchev–Trinajstić information content (AvgIpc) is 3.38. The first-order valence-corrected chi connectivity index (χ1v) is 12.0. The number of aryl methyl sites for hydroxylation is 2. The minimum absolute atomic E-state index is 0.169. The van der Waals surface area contributed by atoms with Crippen LogP contribution < -0.4 is 4.90 Å². The van der Waals surface area contributed by atoms with Crippen molar-refractivity contribution in [2.45, 2.75) is 25.3 Å². The average molecular weight is 441 g/mol. The van der Waals surface area contributed by atoms with Gasteiger partial charge >= 0.3 is 0 Å². The third-order valence-electron chi connectivity index (χ3n) is 4.83. The van der Waals surface area contributed by atoms with Gasteiger partial charge in [0.25, 0.3) is 5.91 Å². The van der Waals surface area contributed by atoms with E-state index in [0.717, 1.165) is 27.6 Å². The van der Waals surface area contributed by atoms with Crippen molar-refractivity contribution in [2.75, 3.05) is 11.2 Å². The highest BCUT2D eigenvalue weighted by molar-refractivity contribution is 7.90. The van der Waals surface area contributed by atoms with E-state index in [1.54, 1.807) is 23.3 Å². The maximum atomic E-state index is 13.4. The number of hydrogen-bond acceptors (Lipinski definition) is 6. The number of rotatable bonds is 5. The molecule has 0 aliphatic carbocycles. The van der Waals surface area contributed by atoms with Crippen molar-refractivity contribution in [2.24, 2.45) is 0 Å². The van der Waals surface area contributed by atoms with Gasteiger partial charge in [-0.2, -0.15) is 0 Å². The molecule has 0 unspecified atom stereocenters. The van der Waals surface area contributed by atoms with E-state index in [0.29, 0.717) is 16.5 Å². The van der Waals surface area contributed by atoms with E-state index in [2.05, 4.69) is 0 Å². The van der Waals surface area contributed by atoms with Crippen molar-refractivity contribution in [1.29, 1.82) is 0 Å². The summed E-state index contributed by atoms with van der Waals surface area (Å²) in [5.74, 6) is 0.351. The third kappa shape index (κ3) is 3.88. The smallest absolute Gasteiger partial charge is 0.260 e. The van der Waals surface area contributed by atoms with E-state index in [4.69, 9.17) is 9.40 Å². The number of amides is 1. The standard InChI is InChI=1S/C22H20N2O4S2/c1-14-6-7-15(2)20-19(14)23-22(29-20)24(13-17-5-4-12-28-17)21(25)16-8-10-18(11-9-16)30(3,26)27/h4-12H,13H2,1-3H3. The number of hydrogen-bond donors (Lipinski definition) is 0. The number of furan rings is 1. The molecule has 154 valence electrons. The second-order valence-electron chi connectivity index (χ2n) is 7.14. The van der Waals surface area contributed by atoms with Gasteiger partial charge in [-0.05, 0) is 61.4 Å². The van der Waals surface area contributed by atoms with Gasteiger partial charge in [-0.15, -0.1) is 0 Å². The summed E-state index contributed by atoms with van der Waals surface area (Å²) in [5, 5.41) is 0.566. The number of sulfone groups is 1. The van der Waals surface area contributed by atoms with Crippen LogP contribution >= 0.6 is 11.3 Å². The molecular weight excluding hydrogens is 420 g/mol. The van der Waals surface area contributed by atoms with Crippen LogP contribution in [0, 0.1) is 13.8 Å². The van der Waals surface area contributed by atoms with Crippen LogP contribution in [0.1, 0.15) is 27.2 Å². The Morgan fingerprint density at radius 1 is 1.07 bits per heavy atom. The zero-order valence-corrected chi connectivity index (χ0v) is 18.4. The van der Waals surface area contributed by atoms with E-state index in [1.807, 2.05) is 26.0 Å². The van der Waals surface area contributed by atoms with Gasteiger partial charge in [0.05, 0.1) is 27.9 Å². The van der Waals surface area contributed by atoms with Crippen molar-refractivity contribution in [3.8, 4) is 0 Å².